The summed E-state index contributed by atoms with van der Waals surface area (Å²) >= 11 is 4.77. The Bertz CT molecular complexity index is 336. The molecule has 0 spiro atoms. The first-order valence-corrected chi connectivity index (χ1v) is 4.99. The Morgan fingerprint density at radius 3 is 2.79 bits per heavy atom. The van der Waals surface area contributed by atoms with Crippen molar-refractivity contribution in [1.82, 2.24) is 0 Å². The summed E-state index contributed by atoms with van der Waals surface area (Å²) in [5, 5.41) is 0. The number of benzene rings is 1. The normalized spacial score (nSPS) is 9.86. The van der Waals surface area contributed by atoms with Gasteiger partial charge in [0.25, 0.3) is 0 Å². The Hall–Kier alpha value is -1.09. The highest BCUT2D eigenvalue weighted by atomic mass is 32.1. The van der Waals surface area contributed by atoms with Crippen LogP contribution < -0.4 is 10.5 Å². The van der Waals surface area contributed by atoms with Crippen LogP contribution in [0.5, 0.6) is 5.75 Å². The lowest BCUT2D eigenvalue weighted by molar-refractivity contribution is 0.327. The maximum absolute atomic E-state index is 5.56. The van der Waals surface area contributed by atoms with Crippen LogP contribution in [0.4, 0.5) is 0 Å². The van der Waals surface area contributed by atoms with Gasteiger partial charge in [-0.2, -0.15) is 0 Å². The van der Waals surface area contributed by atoms with E-state index in [4.69, 9.17) is 22.7 Å². The van der Waals surface area contributed by atoms with E-state index in [9.17, 15) is 0 Å². The Balaban J connectivity index is 2.57. The van der Waals surface area contributed by atoms with Crippen LogP contribution in [0, 0.1) is 13.8 Å². The maximum atomic E-state index is 5.56. The minimum Gasteiger partial charge on any atom is -0.493 e. The molecule has 0 bridgehead atoms. The Kier molecular flexibility index (Phi) is 3.89. The molecule has 0 aromatic heterocycles. The average Bonchev–Trinajstić information content (AvgIpc) is 2.10. The van der Waals surface area contributed by atoms with Gasteiger partial charge in [0.1, 0.15) is 5.75 Å². The van der Waals surface area contributed by atoms with Crippen LogP contribution in [0.3, 0.4) is 0 Å². The first kappa shape index (κ1) is 11.0. The second kappa shape index (κ2) is 4.96. The van der Waals surface area contributed by atoms with Crippen LogP contribution >= 0.6 is 12.2 Å². The molecule has 0 saturated heterocycles. The van der Waals surface area contributed by atoms with Crippen LogP contribution in [-0.2, 0) is 0 Å². The lowest BCUT2D eigenvalue weighted by atomic mass is 10.1. The van der Waals surface area contributed by atoms with E-state index in [0.717, 1.165) is 11.3 Å². The number of ether oxygens (including phenoxy) is 1. The zero-order chi connectivity index (χ0) is 10.6. The molecule has 0 aliphatic rings. The lowest BCUT2D eigenvalue weighted by Gasteiger charge is -2.09. The molecule has 1 rings (SSSR count). The van der Waals surface area contributed by atoms with E-state index < -0.39 is 0 Å². The predicted molar refractivity (Wildman–Crippen MR) is 62.8 cm³/mol. The van der Waals surface area contributed by atoms with Crippen LogP contribution in [0.1, 0.15) is 17.5 Å². The summed E-state index contributed by atoms with van der Waals surface area (Å²) in [6.07, 6.45) is 0.628. The van der Waals surface area contributed by atoms with Crippen LogP contribution in [0.2, 0.25) is 0 Å². The van der Waals surface area contributed by atoms with E-state index in [0.29, 0.717) is 18.0 Å². The molecule has 0 radical (unpaired) electrons. The SMILES string of the molecule is Cc1ccc(C)c(OCCC(N)=S)c1. The van der Waals surface area contributed by atoms with Crippen molar-refractivity contribution in [1.29, 1.82) is 0 Å². The number of aryl methyl sites for hydroxylation is 2. The summed E-state index contributed by atoms with van der Waals surface area (Å²) in [5.74, 6) is 0.918. The molecule has 1 aromatic rings. The van der Waals surface area contributed by atoms with Crippen molar-refractivity contribution in [2.45, 2.75) is 20.3 Å². The van der Waals surface area contributed by atoms with Crippen molar-refractivity contribution in [2.24, 2.45) is 5.73 Å². The molecule has 0 aliphatic heterocycles. The quantitative estimate of drug-likeness (QED) is 0.773. The molecule has 0 saturated carbocycles. The van der Waals surface area contributed by atoms with E-state index in [1.807, 2.05) is 26.0 Å². The fraction of sp³-hybridized carbons (Fsp3) is 0.364. The van der Waals surface area contributed by atoms with Crippen molar-refractivity contribution in [3.05, 3.63) is 29.3 Å². The molecule has 0 amide bonds. The fourth-order valence-electron chi connectivity index (χ4n) is 1.12. The molecule has 2 N–H and O–H groups in total. The number of hydrogen-bond donors (Lipinski definition) is 1. The van der Waals surface area contributed by atoms with Crippen LogP contribution in [0.25, 0.3) is 0 Å². The Morgan fingerprint density at radius 1 is 1.43 bits per heavy atom. The number of thiocarbonyl (C=S) groups is 1. The van der Waals surface area contributed by atoms with Gasteiger partial charge < -0.3 is 10.5 Å². The molecule has 76 valence electrons. The van der Waals surface area contributed by atoms with E-state index in [1.165, 1.54) is 5.56 Å². The molecule has 0 atom stereocenters. The van der Waals surface area contributed by atoms with Gasteiger partial charge in [0.2, 0.25) is 0 Å². The van der Waals surface area contributed by atoms with Gasteiger partial charge in [0.15, 0.2) is 0 Å². The Morgan fingerprint density at radius 2 is 2.14 bits per heavy atom. The Labute approximate surface area is 90.1 Å². The zero-order valence-corrected chi connectivity index (χ0v) is 9.36. The molecule has 1 aromatic carbocycles. The summed E-state index contributed by atoms with van der Waals surface area (Å²) in [5.41, 5.74) is 7.71. The molecule has 14 heavy (non-hydrogen) atoms. The second-order valence-corrected chi connectivity index (χ2v) is 3.86. The standard InChI is InChI=1S/C11H15NOS/c1-8-3-4-9(2)10(7-8)13-6-5-11(12)14/h3-4,7H,5-6H2,1-2H3,(H2,12,14). The van der Waals surface area contributed by atoms with Crippen LogP contribution in [-0.4, -0.2) is 11.6 Å². The van der Waals surface area contributed by atoms with Crippen molar-refractivity contribution in [3.8, 4) is 5.75 Å². The molecule has 0 unspecified atom stereocenters. The molecule has 0 fully saturated rings. The molecule has 3 heteroatoms. The van der Waals surface area contributed by atoms with Crippen LogP contribution in [0.15, 0.2) is 18.2 Å². The molecule has 2 nitrogen and oxygen atoms in total. The van der Waals surface area contributed by atoms with Crippen molar-refractivity contribution >= 4 is 17.2 Å². The van der Waals surface area contributed by atoms with Gasteiger partial charge in [-0.25, -0.2) is 0 Å². The summed E-state index contributed by atoms with van der Waals surface area (Å²) in [7, 11) is 0. The van der Waals surface area contributed by atoms with E-state index in [2.05, 4.69) is 6.07 Å². The maximum Gasteiger partial charge on any atom is 0.122 e. The molecule has 0 aliphatic carbocycles. The van der Waals surface area contributed by atoms with Gasteiger partial charge in [-0.15, -0.1) is 0 Å². The number of rotatable bonds is 4. The second-order valence-electron chi connectivity index (χ2n) is 3.33. The first-order valence-electron chi connectivity index (χ1n) is 4.58. The fourth-order valence-corrected chi connectivity index (χ4v) is 1.21. The zero-order valence-electron chi connectivity index (χ0n) is 8.54. The van der Waals surface area contributed by atoms with Crippen molar-refractivity contribution in [3.63, 3.8) is 0 Å². The highest BCUT2D eigenvalue weighted by Crippen LogP contribution is 2.18. The van der Waals surface area contributed by atoms with Gasteiger partial charge in [-0.05, 0) is 31.0 Å². The van der Waals surface area contributed by atoms with Gasteiger partial charge in [0, 0.05) is 6.42 Å². The van der Waals surface area contributed by atoms with Gasteiger partial charge in [0.05, 0.1) is 11.6 Å². The third-order valence-electron chi connectivity index (χ3n) is 1.95. The van der Waals surface area contributed by atoms with Gasteiger partial charge >= 0.3 is 0 Å². The van der Waals surface area contributed by atoms with Crippen molar-refractivity contribution < 1.29 is 4.74 Å². The lowest BCUT2D eigenvalue weighted by Crippen LogP contribution is -2.12. The summed E-state index contributed by atoms with van der Waals surface area (Å²) in [4.78, 5) is 0.496. The predicted octanol–water partition coefficient (Wildman–Crippen LogP) is 2.36. The smallest absolute Gasteiger partial charge is 0.122 e. The molecular formula is C11H15NOS. The van der Waals surface area contributed by atoms with E-state index in [-0.39, 0.29) is 0 Å². The largest absolute Gasteiger partial charge is 0.493 e. The topological polar surface area (TPSA) is 35.2 Å². The molecular weight excluding hydrogens is 194 g/mol. The molecule has 0 heterocycles. The minimum absolute atomic E-state index is 0.496. The number of hydrogen-bond acceptors (Lipinski definition) is 2. The van der Waals surface area contributed by atoms with Crippen molar-refractivity contribution in [2.75, 3.05) is 6.61 Å². The average molecular weight is 209 g/mol. The third kappa shape index (κ3) is 3.34. The highest BCUT2D eigenvalue weighted by Gasteiger charge is 1.99. The third-order valence-corrected chi connectivity index (χ3v) is 2.15. The summed E-state index contributed by atoms with van der Waals surface area (Å²) in [6.45, 7) is 4.62. The summed E-state index contributed by atoms with van der Waals surface area (Å²) in [6, 6.07) is 6.14. The minimum atomic E-state index is 0.496. The van der Waals surface area contributed by atoms with Gasteiger partial charge in [-0.3, -0.25) is 0 Å². The van der Waals surface area contributed by atoms with Gasteiger partial charge in [-0.1, -0.05) is 24.4 Å². The summed E-state index contributed by atoms with van der Waals surface area (Å²) < 4.78 is 5.56. The number of nitrogens with two attached hydrogens (primary N) is 1. The monoisotopic (exact) mass is 209 g/mol. The van der Waals surface area contributed by atoms with E-state index in [1.54, 1.807) is 0 Å². The highest BCUT2D eigenvalue weighted by molar-refractivity contribution is 7.80. The van der Waals surface area contributed by atoms with E-state index >= 15 is 0 Å². The first-order chi connectivity index (χ1) is 6.59.